The number of nitrogens with two attached hydrogens (primary N) is 1. The number of nitrogens with zero attached hydrogens (tertiary/aromatic N) is 2. The van der Waals surface area contributed by atoms with Crippen LogP contribution < -0.4 is 9.88 Å². The van der Waals surface area contributed by atoms with E-state index >= 15 is 0 Å². The monoisotopic (exact) mass is 592 g/mol. The van der Waals surface area contributed by atoms with E-state index in [9.17, 15) is 30.9 Å². The topological polar surface area (TPSA) is 113 Å². The number of hydrogen-bond donors (Lipinski definition) is 2. The van der Waals surface area contributed by atoms with Gasteiger partial charge in [-0.25, -0.2) is 4.98 Å². The number of aromatic amines is 1. The van der Waals surface area contributed by atoms with Crippen LogP contribution in [-0.2, 0) is 17.5 Å². The van der Waals surface area contributed by atoms with Crippen LogP contribution in [0.2, 0.25) is 0 Å². The van der Waals surface area contributed by atoms with Crippen molar-refractivity contribution in [1.82, 2.24) is 15.2 Å². The minimum atomic E-state index is -4.88. The zero-order valence-corrected chi connectivity index (χ0v) is 21.6. The minimum absolute atomic E-state index is 0.0321. The fraction of sp³-hybridized carbons (Fsp3) is 0.111. The number of alkyl halides is 6. The quantitative estimate of drug-likeness (QED) is 0.158. The minimum Gasteiger partial charge on any atom is -0.593 e. The van der Waals surface area contributed by atoms with E-state index in [0.717, 1.165) is 18.2 Å². The highest BCUT2D eigenvalue weighted by molar-refractivity contribution is 7.89. The molecule has 2 heterocycles. The molecule has 14 heteroatoms. The van der Waals surface area contributed by atoms with E-state index in [1.807, 2.05) is 0 Å². The van der Waals surface area contributed by atoms with Gasteiger partial charge in [-0.15, -0.1) is 18.3 Å². The molecule has 41 heavy (non-hydrogen) atoms. The Labute approximate surface area is 231 Å². The Bertz CT molecular complexity index is 1690. The van der Waals surface area contributed by atoms with Gasteiger partial charge >= 0.3 is 12.5 Å². The van der Waals surface area contributed by atoms with Crippen molar-refractivity contribution in [2.24, 2.45) is 5.14 Å². The van der Waals surface area contributed by atoms with Crippen LogP contribution in [0.4, 0.5) is 26.3 Å². The van der Waals surface area contributed by atoms with Crippen LogP contribution in [0.5, 0.6) is 5.75 Å². The Kier molecular flexibility index (Phi) is 7.32. The summed E-state index contributed by atoms with van der Waals surface area (Å²) in [7, 11) is 0. The highest BCUT2D eigenvalue weighted by Crippen LogP contribution is 2.42. The summed E-state index contributed by atoms with van der Waals surface area (Å²) in [5, 5.41) is 11.3. The number of nitrogens with one attached hydrogen (secondary N) is 1. The number of oxazole rings is 1. The van der Waals surface area contributed by atoms with Crippen LogP contribution in [-0.4, -0.2) is 26.1 Å². The van der Waals surface area contributed by atoms with Crippen molar-refractivity contribution >= 4 is 11.4 Å². The van der Waals surface area contributed by atoms with Crippen molar-refractivity contribution in [3.63, 3.8) is 0 Å². The molecule has 0 fully saturated rings. The molecule has 0 aliphatic rings. The lowest BCUT2D eigenvalue weighted by atomic mass is 9.94. The maximum atomic E-state index is 13.3. The summed E-state index contributed by atoms with van der Waals surface area (Å²) < 4.78 is 99.5. The molecule has 5 aromatic rings. The van der Waals surface area contributed by atoms with Crippen molar-refractivity contribution in [3.05, 3.63) is 84.4 Å². The molecule has 1 atom stereocenters. The molecule has 7 nitrogen and oxygen atoms in total. The molecule has 1 unspecified atom stereocenters. The highest BCUT2D eigenvalue weighted by atomic mass is 32.2. The number of ether oxygens (including phenoxy) is 1. The number of aromatic nitrogens is 3. The summed E-state index contributed by atoms with van der Waals surface area (Å²) in [6, 6.07) is 17.2. The van der Waals surface area contributed by atoms with E-state index in [-0.39, 0.29) is 28.6 Å². The second-order valence-corrected chi connectivity index (χ2v) is 9.80. The van der Waals surface area contributed by atoms with E-state index in [0.29, 0.717) is 27.1 Å². The smallest absolute Gasteiger partial charge is 0.573 e. The molecule has 0 radical (unpaired) electrons. The van der Waals surface area contributed by atoms with Gasteiger partial charge in [-0.05, 0) is 53.6 Å². The zero-order chi connectivity index (χ0) is 29.5. The van der Waals surface area contributed by atoms with Crippen molar-refractivity contribution in [2.75, 3.05) is 0 Å². The van der Waals surface area contributed by atoms with Gasteiger partial charge in [0.15, 0.2) is 22.2 Å². The second kappa shape index (κ2) is 10.6. The molecule has 212 valence electrons. The average Bonchev–Trinajstić information content (AvgIpc) is 3.55. The molecule has 0 spiro atoms. The molecular formula is C27H18F6N4O3S. The lowest BCUT2D eigenvalue weighted by Crippen LogP contribution is -2.16. The summed E-state index contributed by atoms with van der Waals surface area (Å²) in [6.07, 6.45) is -9.57. The van der Waals surface area contributed by atoms with Gasteiger partial charge in [0.1, 0.15) is 11.4 Å². The first-order valence-electron chi connectivity index (χ1n) is 11.7. The predicted octanol–water partition coefficient (Wildman–Crippen LogP) is 7.27. The van der Waals surface area contributed by atoms with E-state index in [2.05, 4.69) is 19.9 Å². The number of benzene rings is 3. The number of rotatable bonds is 6. The molecule has 0 bridgehead atoms. The molecule has 3 aromatic carbocycles. The standard InChI is InChI=1S/C27H18F6N4O3S/c1-14-35-24(15-5-8-18(9-6-15)40-27(31,32)33)25(39-14)21-12-17(16-3-2-4-19(11-16)41(34)38)7-10-20(21)22-13-23(37-36-22)26(28,29)30/h2-13H,34H2,1H3,(H,36,37). The predicted molar refractivity (Wildman–Crippen MR) is 137 cm³/mol. The molecule has 3 N–H and O–H groups in total. The van der Waals surface area contributed by atoms with Gasteiger partial charge in [-0.2, -0.15) is 18.3 Å². The number of hydrogen-bond acceptors (Lipinski definition) is 6. The third-order valence-electron chi connectivity index (χ3n) is 5.92. The molecule has 5 rings (SSSR count). The number of aryl methyl sites for hydroxylation is 1. The molecule has 0 saturated carbocycles. The van der Waals surface area contributed by atoms with Crippen molar-refractivity contribution < 1.29 is 40.0 Å². The van der Waals surface area contributed by atoms with Gasteiger partial charge in [0, 0.05) is 29.7 Å². The molecule has 0 aliphatic heterocycles. The first-order valence-corrected chi connectivity index (χ1v) is 12.9. The summed E-state index contributed by atoms with van der Waals surface area (Å²) in [4.78, 5) is 4.74. The van der Waals surface area contributed by atoms with E-state index in [1.54, 1.807) is 49.4 Å². The van der Waals surface area contributed by atoms with Crippen LogP contribution in [0.15, 0.2) is 82.1 Å². The highest BCUT2D eigenvalue weighted by Gasteiger charge is 2.34. The largest absolute Gasteiger partial charge is 0.593 e. The molecule has 0 amide bonds. The third-order valence-corrected chi connectivity index (χ3v) is 6.64. The van der Waals surface area contributed by atoms with Crippen molar-refractivity contribution in [1.29, 1.82) is 0 Å². The van der Waals surface area contributed by atoms with E-state index in [1.165, 1.54) is 12.1 Å². The van der Waals surface area contributed by atoms with Crippen LogP contribution in [0.1, 0.15) is 11.6 Å². The van der Waals surface area contributed by atoms with Crippen LogP contribution in [0.25, 0.3) is 45.0 Å². The average molecular weight is 593 g/mol. The lowest BCUT2D eigenvalue weighted by Gasteiger charge is -2.12. The van der Waals surface area contributed by atoms with Crippen LogP contribution in [0, 0.1) is 6.92 Å². The van der Waals surface area contributed by atoms with Gasteiger partial charge in [0.05, 0.1) is 17.1 Å². The normalized spacial score (nSPS) is 12.9. The van der Waals surface area contributed by atoms with E-state index < -0.39 is 35.3 Å². The first kappa shape index (κ1) is 28.3. The summed E-state index contributed by atoms with van der Waals surface area (Å²) in [5.74, 6) is -0.103. The lowest BCUT2D eigenvalue weighted by molar-refractivity contribution is -0.274. The maximum Gasteiger partial charge on any atom is 0.573 e. The maximum absolute atomic E-state index is 13.3. The summed E-state index contributed by atoms with van der Waals surface area (Å²) >= 11 is -1.76. The summed E-state index contributed by atoms with van der Waals surface area (Å²) in [6.45, 7) is 1.55. The van der Waals surface area contributed by atoms with Crippen LogP contribution in [0.3, 0.4) is 0 Å². The van der Waals surface area contributed by atoms with Crippen molar-refractivity contribution in [3.8, 4) is 50.7 Å². The fourth-order valence-electron chi connectivity index (χ4n) is 4.17. The molecular weight excluding hydrogens is 574 g/mol. The number of halogens is 6. The van der Waals surface area contributed by atoms with E-state index in [4.69, 9.17) is 9.56 Å². The van der Waals surface area contributed by atoms with Gasteiger partial charge in [0.2, 0.25) is 0 Å². The zero-order valence-electron chi connectivity index (χ0n) is 20.8. The third kappa shape index (κ3) is 6.24. The van der Waals surface area contributed by atoms with Gasteiger partial charge < -0.3 is 13.7 Å². The molecule has 2 aromatic heterocycles. The van der Waals surface area contributed by atoms with Gasteiger partial charge in [0.25, 0.3) is 0 Å². The van der Waals surface area contributed by atoms with Gasteiger partial charge in [-0.1, -0.05) is 24.3 Å². The summed E-state index contributed by atoms with van der Waals surface area (Å²) in [5.41, 5.74) is 1.28. The Morgan fingerprint density at radius 1 is 0.878 bits per heavy atom. The Hall–Kier alpha value is -4.27. The van der Waals surface area contributed by atoms with Crippen molar-refractivity contribution in [2.45, 2.75) is 24.4 Å². The molecule has 0 saturated heterocycles. The Morgan fingerprint density at radius 2 is 1.56 bits per heavy atom. The molecule has 0 aliphatic carbocycles. The Balaban J connectivity index is 1.67. The number of H-pyrrole nitrogens is 1. The van der Waals surface area contributed by atoms with Crippen LogP contribution >= 0.6 is 0 Å². The fourth-order valence-corrected chi connectivity index (χ4v) is 4.63. The van der Waals surface area contributed by atoms with Gasteiger partial charge in [-0.3, -0.25) is 5.10 Å². The SMILES string of the molecule is Cc1nc(-c2ccc(OC(F)(F)F)cc2)c(-c2cc(-c3cccc([S+](N)[O-])c3)ccc2-c2cc(C(F)(F)F)n[nH]2)o1. The second-order valence-electron chi connectivity index (χ2n) is 8.73. The first-order chi connectivity index (χ1) is 19.3. The Morgan fingerprint density at radius 3 is 2.20 bits per heavy atom.